The summed E-state index contributed by atoms with van der Waals surface area (Å²) in [5.41, 5.74) is 1.07. The Balaban J connectivity index is 1.10. The summed E-state index contributed by atoms with van der Waals surface area (Å²) in [7, 11) is 0. The molecule has 3 aliphatic rings. The van der Waals surface area contributed by atoms with E-state index in [0.717, 1.165) is 5.56 Å². The summed E-state index contributed by atoms with van der Waals surface area (Å²) in [6.45, 7) is 0.263. The van der Waals surface area contributed by atoms with E-state index in [1.807, 2.05) is 6.07 Å². The first-order valence-corrected chi connectivity index (χ1v) is 11.0. The quantitative estimate of drug-likeness (QED) is 0.442. The zero-order valence-corrected chi connectivity index (χ0v) is 18.3. The number of nitrogens with one attached hydrogen (secondary N) is 3. The molecule has 1 aromatic heterocycles. The Morgan fingerprint density at radius 2 is 1.97 bits per heavy atom. The van der Waals surface area contributed by atoms with Crippen molar-refractivity contribution in [3.63, 3.8) is 0 Å². The molecule has 0 radical (unpaired) electrons. The summed E-state index contributed by atoms with van der Waals surface area (Å²) in [5.74, 6) is -1.55. The number of hydrogen-bond acceptors (Lipinski definition) is 6. The van der Waals surface area contributed by atoms with E-state index in [9.17, 15) is 22.8 Å². The van der Waals surface area contributed by atoms with Crippen molar-refractivity contribution in [1.29, 1.82) is 0 Å². The largest absolute Gasteiger partial charge is 0.489 e. The number of cyclic esters (lactones) is 1. The molecule has 3 aromatic rings. The van der Waals surface area contributed by atoms with Gasteiger partial charge in [-0.2, -0.15) is 0 Å². The van der Waals surface area contributed by atoms with Gasteiger partial charge in [-0.3, -0.25) is 5.32 Å². The molecule has 1 aliphatic carbocycles. The molecule has 2 aromatic carbocycles. The highest BCUT2D eigenvalue weighted by molar-refractivity contribution is 5.89. The van der Waals surface area contributed by atoms with Gasteiger partial charge in [0.15, 0.2) is 11.6 Å². The van der Waals surface area contributed by atoms with Crippen molar-refractivity contribution in [2.75, 3.05) is 17.2 Å². The Labute approximate surface area is 201 Å². The Morgan fingerprint density at radius 3 is 2.83 bits per heavy atom. The molecular weight excluding hydrogens is 481 g/mol. The van der Waals surface area contributed by atoms with Gasteiger partial charge in [-0.15, -0.1) is 0 Å². The van der Waals surface area contributed by atoms with Crippen LogP contribution < -0.4 is 25.4 Å². The molecule has 3 unspecified atom stereocenters. The number of urea groups is 1. The molecule has 9 nitrogen and oxygen atoms in total. The molecule has 1 fully saturated rings. The van der Waals surface area contributed by atoms with Gasteiger partial charge in [0.05, 0.1) is 11.3 Å². The monoisotopic (exact) mass is 498 g/mol. The molecule has 1 saturated carbocycles. The summed E-state index contributed by atoms with van der Waals surface area (Å²) in [6, 6.07) is 7.28. The maximum Gasteiger partial charge on any atom is 0.413 e. The zero-order chi connectivity index (χ0) is 25.0. The molecule has 6 rings (SSSR count). The van der Waals surface area contributed by atoms with E-state index in [1.54, 1.807) is 18.2 Å². The predicted molar refractivity (Wildman–Crippen MR) is 119 cm³/mol. The van der Waals surface area contributed by atoms with Crippen molar-refractivity contribution in [2.45, 2.75) is 18.6 Å². The Morgan fingerprint density at radius 1 is 1.14 bits per heavy atom. The van der Waals surface area contributed by atoms with Gasteiger partial charge >= 0.3 is 12.1 Å². The topological polar surface area (TPSA) is 111 Å². The van der Waals surface area contributed by atoms with Crippen molar-refractivity contribution in [2.24, 2.45) is 5.92 Å². The van der Waals surface area contributed by atoms with Gasteiger partial charge in [-0.05, 0) is 24.3 Å². The number of halogens is 3. The van der Waals surface area contributed by atoms with Gasteiger partial charge in [-0.1, -0.05) is 0 Å². The molecule has 3 atom stereocenters. The average molecular weight is 498 g/mol. The van der Waals surface area contributed by atoms with Crippen LogP contribution in [-0.4, -0.2) is 29.8 Å². The lowest BCUT2D eigenvalue weighted by Gasteiger charge is -2.19. The van der Waals surface area contributed by atoms with Gasteiger partial charge in [0.2, 0.25) is 0 Å². The summed E-state index contributed by atoms with van der Waals surface area (Å²) in [4.78, 5) is 27.7. The highest BCUT2D eigenvalue weighted by Crippen LogP contribution is 2.58. The number of anilines is 2. The van der Waals surface area contributed by atoms with Gasteiger partial charge < -0.3 is 24.8 Å². The lowest BCUT2D eigenvalue weighted by atomic mass is 10.1. The molecule has 184 valence electrons. The van der Waals surface area contributed by atoms with Crippen LogP contribution in [0.15, 0.2) is 42.6 Å². The number of benzene rings is 2. The third-order valence-corrected chi connectivity index (χ3v) is 6.26. The van der Waals surface area contributed by atoms with Crippen LogP contribution in [0.3, 0.4) is 0 Å². The van der Waals surface area contributed by atoms with E-state index >= 15 is 0 Å². The van der Waals surface area contributed by atoms with E-state index < -0.39 is 35.3 Å². The van der Waals surface area contributed by atoms with E-state index in [2.05, 4.69) is 20.9 Å². The van der Waals surface area contributed by atoms with Crippen LogP contribution in [0.4, 0.5) is 34.3 Å². The molecule has 0 bridgehead atoms. The molecule has 3 amide bonds. The minimum atomic E-state index is -1.34. The summed E-state index contributed by atoms with van der Waals surface area (Å²) >= 11 is 0. The average Bonchev–Trinajstić information content (AvgIpc) is 3.40. The molecule has 12 heteroatoms. The van der Waals surface area contributed by atoms with Crippen molar-refractivity contribution < 1.29 is 37.0 Å². The number of ether oxygens (including phenoxy) is 3. The highest BCUT2D eigenvalue weighted by atomic mass is 19.2. The Bertz CT molecular complexity index is 1420. The molecular formula is C24H17F3N4O5. The first-order valence-electron chi connectivity index (χ1n) is 11.0. The number of pyridine rings is 1. The van der Waals surface area contributed by atoms with Crippen LogP contribution >= 0.6 is 0 Å². The van der Waals surface area contributed by atoms with Crippen molar-refractivity contribution >= 4 is 23.6 Å². The second kappa shape index (κ2) is 8.33. The van der Waals surface area contributed by atoms with E-state index in [-0.39, 0.29) is 31.1 Å². The fraction of sp³-hybridized carbons (Fsp3) is 0.208. The fourth-order valence-corrected chi connectivity index (χ4v) is 4.47. The summed E-state index contributed by atoms with van der Waals surface area (Å²) in [6.07, 6.45) is 0.810. The molecule has 3 N–H and O–H groups in total. The van der Waals surface area contributed by atoms with E-state index in [0.29, 0.717) is 40.8 Å². The summed E-state index contributed by atoms with van der Waals surface area (Å²) in [5, 5.41) is 7.31. The number of rotatable bonds is 5. The number of nitrogens with zero attached hydrogens (tertiary/aromatic N) is 1. The summed E-state index contributed by atoms with van der Waals surface area (Å²) < 4.78 is 57.1. The normalized spacial score (nSPS) is 20.6. The van der Waals surface area contributed by atoms with E-state index in [4.69, 9.17) is 14.2 Å². The smallest absolute Gasteiger partial charge is 0.413 e. The first kappa shape index (κ1) is 22.0. The number of fused-ring (bicyclic) bond motifs is 4. The maximum atomic E-state index is 13.7. The van der Waals surface area contributed by atoms with Crippen molar-refractivity contribution in [3.8, 4) is 17.2 Å². The standard InChI is InChI=1S/C24H17F3N4O5/c25-14-6-16(27)17(7-15(14)26)30-23(32)29-8-12-20-11-5-10(1-2-18(11)36-21(12)20)35-19-3-4-28-22-13(19)9-34-24(33)31-22/h1-7,12,20-21H,8-9H2,(H,28,31,33)(H2,29,30,32). The van der Waals surface area contributed by atoms with Gasteiger partial charge in [0.25, 0.3) is 0 Å². The van der Waals surface area contributed by atoms with Crippen molar-refractivity contribution in [3.05, 3.63) is 71.2 Å². The highest BCUT2D eigenvalue weighted by Gasteiger charge is 2.58. The third-order valence-electron chi connectivity index (χ3n) is 6.26. The molecule has 2 aliphatic heterocycles. The lowest BCUT2D eigenvalue weighted by Crippen LogP contribution is -2.32. The third kappa shape index (κ3) is 3.89. The van der Waals surface area contributed by atoms with Crippen LogP contribution in [0, 0.1) is 23.4 Å². The number of amides is 3. The Hall–Kier alpha value is -4.48. The van der Waals surface area contributed by atoms with Crippen LogP contribution in [0.25, 0.3) is 0 Å². The fourth-order valence-electron chi connectivity index (χ4n) is 4.47. The van der Waals surface area contributed by atoms with Crippen molar-refractivity contribution in [1.82, 2.24) is 10.3 Å². The second-order valence-electron chi connectivity index (χ2n) is 8.49. The molecule has 36 heavy (non-hydrogen) atoms. The lowest BCUT2D eigenvalue weighted by molar-refractivity contribution is 0.150. The van der Waals surface area contributed by atoms with Crippen LogP contribution in [0.2, 0.25) is 0 Å². The number of aromatic nitrogens is 1. The Kier molecular flexibility index (Phi) is 5.09. The zero-order valence-electron chi connectivity index (χ0n) is 18.3. The number of carbonyl (C=O) groups excluding carboxylic acids is 2. The SMILES string of the molecule is O=C(NCC1C2Oc3ccc(Oc4ccnc5c4COC(=O)N5)cc3C12)Nc1cc(F)c(F)cc1F. The molecule has 0 saturated heterocycles. The first-order chi connectivity index (χ1) is 17.4. The number of carbonyl (C=O) groups is 2. The second-order valence-corrected chi connectivity index (χ2v) is 8.49. The molecule has 0 spiro atoms. The van der Waals surface area contributed by atoms with Crippen LogP contribution in [0.1, 0.15) is 17.0 Å². The number of hydrogen-bond donors (Lipinski definition) is 3. The van der Waals surface area contributed by atoms with E-state index in [1.165, 1.54) is 6.20 Å². The van der Waals surface area contributed by atoms with Crippen LogP contribution in [0.5, 0.6) is 17.2 Å². The van der Waals surface area contributed by atoms with Gasteiger partial charge in [0.1, 0.15) is 41.6 Å². The minimum Gasteiger partial charge on any atom is -0.489 e. The maximum absolute atomic E-state index is 13.7. The minimum absolute atomic E-state index is 0.0226. The predicted octanol–water partition coefficient (Wildman–Crippen LogP) is 4.65. The van der Waals surface area contributed by atoms with Gasteiger partial charge in [-0.25, -0.2) is 27.7 Å². The molecule has 3 heterocycles. The van der Waals surface area contributed by atoms with Gasteiger partial charge in [0, 0.05) is 42.3 Å². The van der Waals surface area contributed by atoms with Crippen LogP contribution in [-0.2, 0) is 11.3 Å².